The van der Waals surface area contributed by atoms with Gasteiger partial charge in [0.05, 0.1) is 20.6 Å². The van der Waals surface area contributed by atoms with Gasteiger partial charge in [-0.1, -0.05) is 47.0 Å². The Morgan fingerprint density at radius 1 is 1.12 bits per heavy atom. The van der Waals surface area contributed by atoms with Crippen LogP contribution in [-0.4, -0.2) is 27.9 Å². The van der Waals surface area contributed by atoms with Gasteiger partial charge in [-0.15, -0.1) is 0 Å². The minimum absolute atomic E-state index is 0.0630. The molecule has 0 saturated heterocycles. The standard InChI is InChI=1S/C16H16Cl2N2O3S/c1-11-6-8-12(9-7-11)24(22,23)20(10-15(21)19-2)14-5-3-4-13(17)16(14)18/h3-9H,10H2,1-2H3,(H,19,21). The molecule has 5 nitrogen and oxygen atoms in total. The second-order valence-electron chi connectivity index (χ2n) is 5.07. The quantitative estimate of drug-likeness (QED) is 0.857. The van der Waals surface area contributed by atoms with Crippen molar-refractivity contribution < 1.29 is 13.2 Å². The zero-order valence-corrected chi connectivity index (χ0v) is 15.4. The van der Waals surface area contributed by atoms with Crippen LogP contribution < -0.4 is 9.62 Å². The second kappa shape index (κ2) is 7.42. The number of sulfonamides is 1. The second-order valence-corrected chi connectivity index (χ2v) is 7.72. The first-order valence-electron chi connectivity index (χ1n) is 7.01. The summed E-state index contributed by atoms with van der Waals surface area (Å²) in [5.41, 5.74) is 1.07. The van der Waals surface area contributed by atoms with Gasteiger partial charge in [-0.05, 0) is 31.2 Å². The van der Waals surface area contributed by atoms with E-state index in [1.165, 1.54) is 25.2 Å². The molecule has 2 aromatic carbocycles. The molecule has 24 heavy (non-hydrogen) atoms. The monoisotopic (exact) mass is 386 g/mol. The number of nitrogens with zero attached hydrogens (tertiary/aromatic N) is 1. The largest absolute Gasteiger partial charge is 0.358 e. The third kappa shape index (κ3) is 3.83. The van der Waals surface area contributed by atoms with Gasteiger partial charge in [-0.25, -0.2) is 8.42 Å². The summed E-state index contributed by atoms with van der Waals surface area (Å²) in [6.45, 7) is 1.44. The van der Waals surface area contributed by atoms with Crippen LogP contribution in [0.1, 0.15) is 5.56 Å². The minimum Gasteiger partial charge on any atom is -0.358 e. The summed E-state index contributed by atoms with van der Waals surface area (Å²) >= 11 is 12.2. The number of hydrogen-bond donors (Lipinski definition) is 1. The van der Waals surface area contributed by atoms with E-state index in [2.05, 4.69) is 5.32 Å². The van der Waals surface area contributed by atoms with Gasteiger partial charge in [-0.3, -0.25) is 9.10 Å². The number of amides is 1. The van der Waals surface area contributed by atoms with Gasteiger partial charge in [0, 0.05) is 7.05 Å². The first kappa shape index (κ1) is 18.6. The molecular formula is C16H16Cl2N2O3S. The topological polar surface area (TPSA) is 66.5 Å². The Labute approximate surface area is 151 Å². The summed E-state index contributed by atoms with van der Waals surface area (Å²) in [7, 11) is -2.56. The lowest BCUT2D eigenvalue weighted by Gasteiger charge is -2.25. The van der Waals surface area contributed by atoms with Crippen molar-refractivity contribution in [3.63, 3.8) is 0 Å². The highest BCUT2D eigenvalue weighted by Gasteiger charge is 2.29. The van der Waals surface area contributed by atoms with Gasteiger partial charge in [0.15, 0.2) is 0 Å². The molecule has 0 aliphatic carbocycles. The van der Waals surface area contributed by atoms with Crippen LogP contribution in [0.5, 0.6) is 0 Å². The Kier molecular flexibility index (Phi) is 5.74. The molecule has 0 atom stereocenters. The number of benzene rings is 2. The van der Waals surface area contributed by atoms with Gasteiger partial charge in [0.25, 0.3) is 10.0 Å². The molecule has 0 aliphatic heterocycles. The molecule has 0 fully saturated rings. The molecule has 2 aromatic rings. The lowest BCUT2D eigenvalue weighted by atomic mass is 10.2. The van der Waals surface area contributed by atoms with Gasteiger partial charge < -0.3 is 5.32 Å². The van der Waals surface area contributed by atoms with Crippen molar-refractivity contribution in [1.29, 1.82) is 0 Å². The maximum absolute atomic E-state index is 13.0. The van der Waals surface area contributed by atoms with Crippen molar-refractivity contribution in [2.24, 2.45) is 0 Å². The SMILES string of the molecule is CNC(=O)CN(c1cccc(Cl)c1Cl)S(=O)(=O)c1ccc(C)cc1. The fraction of sp³-hybridized carbons (Fsp3) is 0.188. The highest BCUT2D eigenvalue weighted by molar-refractivity contribution is 7.92. The van der Waals surface area contributed by atoms with Crippen molar-refractivity contribution >= 4 is 44.8 Å². The van der Waals surface area contributed by atoms with E-state index >= 15 is 0 Å². The summed E-state index contributed by atoms with van der Waals surface area (Å²) in [4.78, 5) is 11.9. The third-order valence-corrected chi connectivity index (χ3v) is 5.96. The fourth-order valence-electron chi connectivity index (χ4n) is 2.03. The number of likely N-dealkylation sites (N-methyl/N-ethyl adjacent to an activating group) is 1. The Bertz CT molecular complexity index is 852. The first-order chi connectivity index (χ1) is 11.3. The summed E-state index contributed by atoms with van der Waals surface area (Å²) < 4.78 is 27.0. The van der Waals surface area contributed by atoms with E-state index in [0.717, 1.165) is 9.87 Å². The average molecular weight is 387 g/mol. The van der Waals surface area contributed by atoms with Crippen molar-refractivity contribution in [2.75, 3.05) is 17.9 Å². The van der Waals surface area contributed by atoms with Crippen LogP contribution in [0.2, 0.25) is 10.0 Å². The molecule has 0 unspecified atom stereocenters. The summed E-state index contributed by atoms with van der Waals surface area (Å²) in [5.74, 6) is -0.471. The number of aryl methyl sites for hydroxylation is 1. The molecule has 0 aromatic heterocycles. The number of carbonyl (C=O) groups is 1. The highest BCUT2D eigenvalue weighted by Crippen LogP contribution is 2.35. The number of hydrogen-bond acceptors (Lipinski definition) is 3. The first-order valence-corrected chi connectivity index (χ1v) is 9.21. The van der Waals surface area contributed by atoms with Crippen LogP contribution in [-0.2, 0) is 14.8 Å². The molecule has 1 N–H and O–H groups in total. The van der Waals surface area contributed by atoms with Crippen molar-refractivity contribution in [1.82, 2.24) is 5.32 Å². The maximum atomic E-state index is 13.0. The smallest absolute Gasteiger partial charge is 0.264 e. The number of halogens is 2. The van der Waals surface area contributed by atoms with Gasteiger partial charge in [0.2, 0.25) is 5.91 Å². The molecule has 0 saturated carbocycles. The predicted octanol–water partition coefficient (Wildman–Crippen LogP) is 3.24. The van der Waals surface area contributed by atoms with Crippen LogP contribution in [0, 0.1) is 6.92 Å². The number of rotatable bonds is 5. The lowest BCUT2D eigenvalue weighted by molar-refractivity contribution is -0.119. The zero-order chi connectivity index (χ0) is 17.9. The molecule has 0 aliphatic rings. The Hall–Kier alpha value is -1.76. The van der Waals surface area contributed by atoms with Crippen molar-refractivity contribution in [2.45, 2.75) is 11.8 Å². The van der Waals surface area contributed by atoms with E-state index < -0.39 is 22.5 Å². The van der Waals surface area contributed by atoms with Crippen LogP contribution in [0.4, 0.5) is 5.69 Å². The molecule has 0 heterocycles. The molecule has 0 spiro atoms. The normalized spacial score (nSPS) is 11.2. The van der Waals surface area contributed by atoms with E-state index in [4.69, 9.17) is 23.2 Å². The van der Waals surface area contributed by atoms with E-state index in [9.17, 15) is 13.2 Å². The average Bonchev–Trinajstić information content (AvgIpc) is 2.55. The zero-order valence-electron chi connectivity index (χ0n) is 13.1. The summed E-state index contributed by atoms with van der Waals surface area (Å²) in [5, 5.41) is 2.68. The molecule has 1 amide bonds. The van der Waals surface area contributed by atoms with Crippen LogP contribution in [0.3, 0.4) is 0 Å². The molecular weight excluding hydrogens is 371 g/mol. The Morgan fingerprint density at radius 3 is 2.33 bits per heavy atom. The van der Waals surface area contributed by atoms with Crippen LogP contribution >= 0.6 is 23.2 Å². The van der Waals surface area contributed by atoms with Crippen LogP contribution in [0.15, 0.2) is 47.4 Å². The number of carbonyl (C=O) groups excluding carboxylic acids is 1. The maximum Gasteiger partial charge on any atom is 0.264 e. The molecule has 0 bridgehead atoms. The van der Waals surface area contributed by atoms with E-state index in [-0.39, 0.29) is 20.6 Å². The predicted molar refractivity (Wildman–Crippen MR) is 96.2 cm³/mol. The fourth-order valence-corrected chi connectivity index (χ4v) is 3.91. The molecule has 8 heteroatoms. The van der Waals surface area contributed by atoms with Crippen LogP contribution in [0.25, 0.3) is 0 Å². The number of anilines is 1. The Balaban J connectivity index is 2.59. The number of nitrogens with one attached hydrogen (secondary N) is 1. The highest BCUT2D eigenvalue weighted by atomic mass is 35.5. The third-order valence-electron chi connectivity index (χ3n) is 3.37. The molecule has 0 radical (unpaired) electrons. The van der Waals surface area contributed by atoms with Gasteiger partial charge in [-0.2, -0.15) is 0 Å². The Morgan fingerprint density at radius 2 is 1.75 bits per heavy atom. The van der Waals surface area contributed by atoms with Gasteiger partial charge >= 0.3 is 0 Å². The van der Waals surface area contributed by atoms with E-state index in [0.29, 0.717) is 0 Å². The van der Waals surface area contributed by atoms with Crippen molar-refractivity contribution in [3.05, 3.63) is 58.1 Å². The minimum atomic E-state index is -3.99. The van der Waals surface area contributed by atoms with E-state index in [1.807, 2.05) is 6.92 Å². The van der Waals surface area contributed by atoms with E-state index in [1.54, 1.807) is 24.3 Å². The van der Waals surface area contributed by atoms with Crippen molar-refractivity contribution in [3.8, 4) is 0 Å². The summed E-state index contributed by atoms with van der Waals surface area (Å²) in [6.07, 6.45) is 0. The summed E-state index contributed by atoms with van der Waals surface area (Å²) in [6, 6.07) is 11.0. The molecule has 128 valence electrons. The molecule has 2 rings (SSSR count). The van der Waals surface area contributed by atoms with Gasteiger partial charge in [0.1, 0.15) is 6.54 Å². The lowest BCUT2D eigenvalue weighted by Crippen LogP contribution is -2.40.